The number of aromatic nitrogens is 4. The van der Waals surface area contributed by atoms with Crippen molar-refractivity contribution in [1.29, 1.82) is 5.26 Å². The molecule has 0 unspecified atom stereocenters. The summed E-state index contributed by atoms with van der Waals surface area (Å²) in [5.41, 5.74) is 4.18. The van der Waals surface area contributed by atoms with Gasteiger partial charge in [0, 0.05) is 30.1 Å². The number of Topliss-reactive ketones (excluding diaryl/α,β-unsaturated/α-hetero) is 1. The van der Waals surface area contributed by atoms with Crippen LogP contribution in [0, 0.1) is 22.7 Å². The quantitative estimate of drug-likeness (QED) is 0.579. The molecule has 7 nitrogen and oxygen atoms in total. The second-order valence-electron chi connectivity index (χ2n) is 10.5. The number of piperidine rings is 1. The summed E-state index contributed by atoms with van der Waals surface area (Å²) < 4.78 is 1.94. The molecule has 170 valence electrons. The Morgan fingerprint density at radius 1 is 1.18 bits per heavy atom. The fourth-order valence-corrected chi connectivity index (χ4v) is 5.13. The summed E-state index contributed by atoms with van der Waals surface area (Å²) in [6.07, 6.45) is 7.29. The highest BCUT2D eigenvalue weighted by atomic mass is 16.1. The number of rotatable bonds is 4. The average Bonchev–Trinajstić information content (AvgIpc) is 3.57. The number of ketones is 1. The van der Waals surface area contributed by atoms with Crippen LogP contribution in [-0.4, -0.2) is 38.0 Å². The van der Waals surface area contributed by atoms with Gasteiger partial charge in [-0.2, -0.15) is 10.4 Å². The summed E-state index contributed by atoms with van der Waals surface area (Å²) in [5, 5.41) is 13.9. The molecule has 2 atom stereocenters. The molecule has 1 saturated carbocycles. The van der Waals surface area contributed by atoms with Crippen molar-refractivity contribution in [3.8, 4) is 17.5 Å². The Bertz CT molecular complexity index is 1260. The van der Waals surface area contributed by atoms with Gasteiger partial charge in [-0.15, -0.1) is 0 Å². The van der Waals surface area contributed by atoms with Crippen molar-refractivity contribution in [3.63, 3.8) is 0 Å². The molecule has 1 aliphatic heterocycles. The van der Waals surface area contributed by atoms with Crippen molar-refractivity contribution in [1.82, 2.24) is 19.6 Å². The van der Waals surface area contributed by atoms with E-state index < -0.39 is 0 Å². The van der Waals surface area contributed by atoms with E-state index in [1.807, 2.05) is 31.4 Å². The highest BCUT2D eigenvalue weighted by molar-refractivity contribution is 5.86. The fraction of sp³-hybridized carbons (Fsp3) is 0.500. The van der Waals surface area contributed by atoms with E-state index in [2.05, 4.69) is 34.0 Å². The Morgan fingerprint density at radius 3 is 2.64 bits per heavy atom. The molecule has 2 aliphatic rings. The number of nitriles is 1. The van der Waals surface area contributed by atoms with Crippen LogP contribution in [0.4, 0.5) is 5.82 Å². The van der Waals surface area contributed by atoms with E-state index in [0.29, 0.717) is 17.3 Å². The molecule has 33 heavy (non-hydrogen) atoms. The number of pyridine rings is 1. The van der Waals surface area contributed by atoms with E-state index >= 15 is 0 Å². The van der Waals surface area contributed by atoms with Gasteiger partial charge in [0.1, 0.15) is 17.6 Å². The first kappa shape index (κ1) is 21.6. The first-order chi connectivity index (χ1) is 15.8. The molecule has 0 amide bonds. The minimum Gasteiger partial charge on any atom is -0.352 e. The molecule has 4 heterocycles. The van der Waals surface area contributed by atoms with Crippen LogP contribution in [0.2, 0.25) is 0 Å². The Balaban J connectivity index is 1.56. The second kappa shape index (κ2) is 7.95. The van der Waals surface area contributed by atoms with Crippen LogP contribution in [0.15, 0.2) is 30.7 Å². The van der Waals surface area contributed by atoms with Crippen LogP contribution in [0.1, 0.15) is 70.4 Å². The molecule has 0 radical (unpaired) electrons. The van der Waals surface area contributed by atoms with Gasteiger partial charge in [0.05, 0.1) is 23.0 Å². The van der Waals surface area contributed by atoms with Crippen molar-refractivity contribution >= 4 is 17.1 Å². The van der Waals surface area contributed by atoms with Crippen molar-refractivity contribution in [2.24, 2.45) is 11.3 Å². The first-order valence-electron chi connectivity index (χ1n) is 11.8. The summed E-state index contributed by atoms with van der Waals surface area (Å²) in [7, 11) is 0. The molecular weight excluding hydrogens is 412 g/mol. The van der Waals surface area contributed by atoms with Gasteiger partial charge in [-0.25, -0.2) is 9.50 Å². The largest absolute Gasteiger partial charge is 0.352 e. The van der Waals surface area contributed by atoms with Gasteiger partial charge in [0.15, 0.2) is 5.82 Å². The third-order valence-electron chi connectivity index (χ3n) is 6.99. The summed E-state index contributed by atoms with van der Waals surface area (Å²) in [6.45, 7) is 9.03. The SMILES string of the molecule is C[C@H]1C[C@@H](C(=O)C(C)(C)C)CCN1c1ncnn2c(-c3cc(C#N)ccn3)cc(C3CC3)c12. The first-order valence-corrected chi connectivity index (χ1v) is 11.8. The molecule has 3 aromatic heterocycles. The van der Waals surface area contributed by atoms with E-state index in [0.717, 1.165) is 55.0 Å². The molecule has 3 aromatic rings. The number of hydrogen-bond acceptors (Lipinski definition) is 6. The molecule has 1 aliphatic carbocycles. The van der Waals surface area contributed by atoms with Crippen molar-refractivity contribution in [3.05, 3.63) is 41.9 Å². The molecule has 0 spiro atoms. The van der Waals surface area contributed by atoms with Gasteiger partial charge in [-0.1, -0.05) is 20.8 Å². The standard InChI is InChI=1S/C26H30N6O/c1-16-11-19(24(33)26(2,3)4)8-10-31(16)25-23-20(18-5-6-18)13-22(32(23)30-15-29-25)21-12-17(14-27)7-9-28-21/h7,9,12-13,15-16,18-19H,5-6,8,10-11H2,1-4H3/t16-,19-/m0/s1. The summed E-state index contributed by atoms with van der Waals surface area (Å²) >= 11 is 0. The monoisotopic (exact) mass is 442 g/mol. The zero-order chi connectivity index (χ0) is 23.3. The van der Waals surface area contributed by atoms with Crippen LogP contribution in [0.5, 0.6) is 0 Å². The molecule has 0 aromatic carbocycles. The Hall–Kier alpha value is -3.27. The zero-order valence-corrected chi connectivity index (χ0v) is 19.7. The minimum atomic E-state index is -0.310. The number of hydrogen-bond donors (Lipinski definition) is 0. The molecule has 7 heteroatoms. The van der Waals surface area contributed by atoms with Crippen LogP contribution >= 0.6 is 0 Å². The lowest BCUT2D eigenvalue weighted by Gasteiger charge is -2.39. The molecule has 0 N–H and O–H groups in total. The van der Waals surface area contributed by atoms with Gasteiger partial charge in [-0.3, -0.25) is 9.78 Å². The van der Waals surface area contributed by atoms with Gasteiger partial charge in [0.2, 0.25) is 0 Å². The summed E-state index contributed by atoms with van der Waals surface area (Å²) in [5.74, 6) is 1.89. The van der Waals surface area contributed by atoms with Crippen LogP contribution in [-0.2, 0) is 4.79 Å². The Labute approximate surface area is 194 Å². The maximum atomic E-state index is 12.9. The normalized spacial score (nSPS) is 21.2. The second-order valence-corrected chi connectivity index (χ2v) is 10.5. The van der Waals surface area contributed by atoms with E-state index in [9.17, 15) is 10.1 Å². The minimum absolute atomic E-state index is 0.0947. The maximum absolute atomic E-state index is 12.9. The topological polar surface area (TPSA) is 87.2 Å². The Morgan fingerprint density at radius 2 is 1.97 bits per heavy atom. The molecule has 0 bridgehead atoms. The summed E-state index contributed by atoms with van der Waals surface area (Å²) in [6, 6.07) is 8.11. The van der Waals surface area contributed by atoms with Gasteiger partial charge in [-0.05, 0) is 62.3 Å². The van der Waals surface area contributed by atoms with Gasteiger partial charge in [0.25, 0.3) is 0 Å². The number of carbonyl (C=O) groups excluding carboxylic acids is 1. The Kier molecular flexibility index (Phi) is 5.19. The number of fused-ring (bicyclic) bond motifs is 1. The lowest BCUT2D eigenvalue weighted by atomic mass is 9.77. The highest BCUT2D eigenvalue weighted by Crippen LogP contribution is 2.46. The van der Waals surface area contributed by atoms with E-state index in [1.165, 1.54) is 5.56 Å². The lowest BCUT2D eigenvalue weighted by Crippen LogP contribution is -2.45. The van der Waals surface area contributed by atoms with Gasteiger partial charge < -0.3 is 4.90 Å². The molecule has 1 saturated heterocycles. The van der Waals surface area contributed by atoms with Crippen LogP contribution in [0.25, 0.3) is 16.9 Å². The van der Waals surface area contributed by atoms with E-state index in [-0.39, 0.29) is 17.4 Å². The smallest absolute Gasteiger partial charge is 0.157 e. The lowest BCUT2D eigenvalue weighted by molar-refractivity contribution is -0.131. The average molecular weight is 443 g/mol. The number of carbonyl (C=O) groups is 1. The van der Waals surface area contributed by atoms with Crippen molar-refractivity contribution in [2.45, 2.75) is 65.3 Å². The molecule has 5 rings (SSSR count). The van der Waals surface area contributed by atoms with E-state index in [1.54, 1.807) is 18.6 Å². The summed E-state index contributed by atoms with van der Waals surface area (Å²) in [4.78, 5) is 24.5. The maximum Gasteiger partial charge on any atom is 0.157 e. The van der Waals surface area contributed by atoms with Gasteiger partial charge >= 0.3 is 0 Å². The number of nitrogens with zero attached hydrogens (tertiary/aromatic N) is 6. The zero-order valence-electron chi connectivity index (χ0n) is 19.7. The molecule has 2 fully saturated rings. The van der Waals surface area contributed by atoms with Crippen LogP contribution < -0.4 is 4.90 Å². The third-order valence-corrected chi connectivity index (χ3v) is 6.99. The highest BCUT2D eigenvalue weighted by Gasteiger charge is 2.37. The van der Waals surface area contributed by atoms with Crippen LogP contribution in [0.3, 0.4) is 0 Å². The molecular formula is C26H30N6O. The third kappa shape index (κ3) is 3.88. The van der Waals surface area contributed by atoms with E-state index in [4.69, 9.17) is 4.98 Å². The number of anilines is 1. The fourth-order valence-electron chi connectivity index (χ4n) is 5.13. The van der Waals surface area contributed by atoms with Crippen molar-refractivity contribution in [2.75, 3.05) is 11.4 Å². The van der Waals surface area contributed by atoms with Crippen molar-refractivity contribution < 1.29 is 4.79 Å². The predicted molar refractivity (Wildman–Crippen MR) is 127 cm³/mol. The predicted octanol–water partition coefficient (Wildman–Crippen LogP) is 4.76.